The molecule has 0 spiro atoms. The van der Waals surface area contributed by atoms with Gasteiger partial charge in [-0.25, -0.2) is 8.78 Å². The Bertz CT molecular complexity index is 427. The molecule has 17 heavy (non-hydrogen) atoms. The predicted octanol–water partition coefficient (Wildman–Crippen LogP) is 2.31. The van der Waals surface area contributed by atoms with Gasteiger partial charge in [0, 0.05) is 15.3 Å². The number of hydrogen-bond donors (Lipinski definition) is 1. The van der Waals surface area contributed by atoms with E-state index in [-0.39, 0.29) is 18.7 Å². The van der Waals surface area contributed by atoms with Crippen LogP contribution in [0.15, 0.2) is 6.20 Å². The number of aromatic nitrogens is 1. The summed E-state index contributed by atoms with van der Waals surface area (Å²) in [6.45, 7) is 1.91. The summed E-state index contributed by atoms with van der Waals surface area (Å²) in [4.78, 5) is 14.9. The molecule has 0 bridgehead atoms. The Hall–Kier alpha value is -0.990. The first-order chi connectivity index (χ1) is 7.97. The van der Waals surface area contributed by atoms with Crippen molar-refractivity contribution in [2.75, 3.05) is 12.3 Å². The maximum Gasteiger partial charge on any atom is 0.310 e. The number of esters is 1. The zero-order valence-corrected chi connectivity index (χ0v) is 11.2. The molecule has 0 saturated heterocycles. The molecule has 1 aromatic rings. The van der Waals surface area contributed by atoms with Gasteiger partial charge in [0.05, 0.1) is 18.7 Å². The molecule has 0 unspecified atom stereocenters. The third kappa shape index (κ3) is 3.48. The molecule has 0 amide bonds. The van der Waals surface area contributed by atoms with E-state index in [9.17, 15) is 13.6 Å². The van der Waals surface area contributed by atoms with Crippen molar-refractivity contribution in [2.24, 2.45) is 0 Å². The maximum atomic E-state index is 12.6. The van der Waals surface area contributed by atoms with Crippen LogP contribution in [-0.2, 0) is 16.0 Å². The Labute approximate surface area is 111 Å². The van der Waals surface area contributed by atoms with Gasteiger partial charge in [-0.2, -0.15) is 0 Å². The molecule has 7 heteroatoms. The standard InChI is InChI=1S/C10H11F2IN2O2/c1-2-17-7(16)3-5-6(13)4-15-9(8(5)14)10(11)12/h4,10H,2-3,14H2,1H3. The average molecular weight is 356 g/mol. The smallest absolute Gasteiger partial charge is 0.310 e. The number of carbonyl (C=O) groups is 1. The van der Waals surface area contributed by atoms with E-state index < -0.39 is 18.1 Å². The lowest BCUT2D eigenvalue weighted by molar-refractivity contribution is -0.142. The second kappa shape index (κ2) is 6.08. The van der Waals surface area contributed by atoms with Gasteiger partial charge in [-0.05, 0) is 29.5 Å². The molecule has 4 nitrogen and oxygen atoms in total. The first-order valence-corrected chi connectivity index (χ1v) is 5.91. The third-order valence-corrected chi connectivity index (χ3v) is 2.97. The van der Waals surface area contributed by atoms with E-state index in [1.54, 1.807) is 6.92 Å². The lowest BCUT2D eigenvalue weighted by atomic mass is 10.1. The van der Waals surface area contributed by atoms with Gasteiger partial charge < -0.3 is 10.5 Å². The van der Waals surface area contributed by atoms with E-state index in [0.29, 0.717) is 9.13 Å². The number of rotatable bonds is 4. The number of nitrogens with two attached hydrogens (primary N) is 1. The second-order valence-corrected chi connectivity index (χ2v) is 4.33. The Balaban J connectivity index is 3.05. The first kappa shape index (κ1) is 14.1. The normalized spacial score (nSPS) is 10.6. The van der Waals surface area contributed by atoms with Gasteiger partial charge in [0.2, 0.25) is 0 Å². The number of halogens is 3. The molecule has 0 aliphatic carbocycles. The van der Waals surface area contributed by atoms with E-state index >= 15 is 0 Å². The zero-order chi connectivity index (χ0) is 13.0. The number of hydrogen-bond acceptors (Lipinski definition) is 4. The number of nitrogen functional groups attached to an aromatic ring is 1. The van der Waals surface area contributed by atoms with Crippen LogP contribution in [0.2, 0.25) is 0 Å². The van der Waals surface area contributed by atoms with Gasteiger partial charge in [0.25, 0.3) is 6.43 Å². The fourth-order valence-electron chi connectivity index (χ4n) is 1.27. The van der Waals surface area contributed by atoms with Crippen molar-refractivity contribution >= 4 is 34.2 Å². The average Bonchev–Trinajstić information content (AvgIpc) is 2.24. The summed E-state index contributed by atoms with van der Waals surface area (Å²) < 4.78 is 30.4. The van der Waals surface area contributed by atoms with E-state index in [1.165, 1.54) is 6.20 Å². The van der Waals surface area contributed by atoms with Crippen LogP contribution < -0.4 is 5.73 Å². The van der Waals surface area contributed by atoms with Crippen molar-refractivity contribution < 1.29 is 18.3 Å². The zero-order valence-electron chi connectivity index (χ0n) is 9.04. The Morgan fingerprint density at radius 3 is 2.82 bits per heavy atom. The van der Waals surface area contributed by atoms with Gasteiger partial charge in [-0.3, -0.25) is 9.78 Å². The van der Waals surface area contributed by atoms with Crippen LogP contribution in [0.1, 0.15) is 24.6 Å². The molecular weight excluding hydrogens is 345 g/mol. The monoisotopic (exact) mass is 356 g/mol. The van der Waals surface area contributed by atoms with E-state index in [1.807, 2.05) is 22.6 Å². The number of carbonyl (C=O) groups excluding carboxylic acids is 1. The summed E-state index contributed by atoms with van der Waals surface area (Å²) in [6.07, 6.45) is -1.61. The minimum atomic E-state index is -2.76. The lowest BCUT2D eigenvalue weighted by Crippen LogP contribution is -2.13. The Morgan fingerprint density at radius 1 is 1.65 bits per heavy atom. The van der Waals surface area contributed by atoms with Gasteiger partial charge in [-0.1, -0.05) is 0 Å². The summed E-state index contributed by atoms with van der Waals surface area (Å²) in [6, 6.07) is 0. The highest BCUT2D eigenvalue weighted by Crippen LogP contribution is 2.28. The molecule has 0 aliphatic rings. The topological polar surface area (TPSA) is 65.2 Å². The molecule has 0 aromatic carbocycles. The molecule has 1 rings (SSSR count). The van der Waals surface area contributed by atoms with Crippen molar-refractivity contribution in [1.82, 2.24) is 4.98 Å². The Morgan fingerprint density at radius 2 is 2.29 bits per heavy atom. The van der Waals surface area contributed by atoms with Crippen LogP contribution >= 0.6 is 22.6 Å². The van der Waals surface area contributed by atoms with Crippen molar-refractivity contribution in [3.05, 3.63) is 21.0 Å². The molecule has 2 N–H and O–H groups in total. The van der Waals surface area contributed by atoms with Crippen LogP contribution in [0.3, 0.4) is 0 Å². The molecule has 1 aromatic heterocycles. The number of ether oxygens (including phenoxy) is 1. The lowest BCUT2D eigenvalue weighted by Gasteiger charge is -2.11. The minimum Gasteiger partial charge on any atom is -0.466 e. The molecular formula is C10H11F2IN2O2. The van der Waals surface area contributed by atoms with Crippen molar-refractivity contribution in [1.29, 1.82) is 0 Å². The highest BCUT2D eigenvalue weighted by atomic mass is 127. The van der Waals surface area contributed by atoms with Gasteiger partial charge in [0.1, 0.15) is 5.69 Å². The van der Waals surface area contributed by atoms with Crippen LogP contribution in [-0.4, -0.2) is 17.6 Å². The highest BCUT2D eigenvalue weighted by Gasteiger charge is 2.20. The van der Waals surface area contributed by atoms with Crippen LogP contribution in [0.5, 0.6) is 0 Å². The minimum absolute atomic E-state index is 0.125. The van der Waals surface area contributed by atoms with E-state index in [0.717, 1.165) is 0 Å². The number of alkyl halides is 2. The van der Waals surface area contributed by atoms with Gasteiger partial charge >= 0.3 is 5.97 Å². The molecule has 0 aliphatic heterocycles. The summed E-state index contributed by atoms with van der Waals surface area (Å²) >= 11 is 1.89. The summed E-state index contributed by atoms with van der Waals surface area (Å²) in [5, 5.41) is 0. The second-order valence-electron chi connectivity index (χ2n) is 3.17. The number of pyridine rings is 1. The number of nitrogens with zero attached hydrogens (tertiary/aromatic N) is 1. The SMILES string of the molecule is CCOC(=O)Cc1c(I)cnc(C(F)F)c1N. The summed E-state index contributed by atoms with van der Waals surface area (Å²) in [7, 11) is 0. The van der Waals surface area contributed by atoms with E-state index in [4.69, 9.17) is 10.5 Å². The van der Waals surface area contributed by atoms with Crippen LogP contribution in [0.25, 0.3) is 0 Å². The molecule has 0 fully saturated rings. The summed E-state index contributed by atoms with van der Waals surface area (Å²) in [5.74, 6) is -0.497. The largest absolute Gasteiger partial charge is 0.466 e. The number of anilines is 1. The molecule has 94 valence electrons. The first-order valence-electron chi connectivity index (χ1n) is 4.83. The highest BCUT2D eigenvalue weighted by molar-refractivity contribution is 14.1. The van der Waals surface area contributed by atoms with E-state index in [2.05, 4.69) is 4.98 Å². The van der Waals surface area contributed by atoms with Crippen LogP contribution in [0.4, 0.5) is 14.5 Å². The van der Waals surface area contributed by atoms with Gasteiger partial charge in [-0.15, -0.1) is 0 Å². The predicted molar refractivity (Wildman–Crippen MR) is 66.7 cm³/mol. The maximum absolute atomic E-state index is 12.6. The Kier molecular flexibility index (Phi) is 5.03. The fourth-order valence-corrected chi connectivity index (χ4v) is 1.89. The fraction of sp³-hybridized carbons (Fsp3) is 0.400. The molecule has 0 radical (unpaired) electrons. The molecule has 0 saturated carbocycles. The van der Waals surface area contributed by atoms with Gasteiger partial charge in [0.15, 0.2) is 0 Å². The molecule has 0 atom stereocenters. The van der Waals surface area contributed by atoms with Crippen molar-refractivity contribution in [2.45, 2.75) is 19.8 Å². The third-order valence-electron chi connectivity index (χ3n) is 2.04. The molecule has 1 heterocycles. The van der Waals surface area contributed by atoms with Crippen LogP contribution in [0, 0.1) is 3.57 Å². The van der Waals surface area contributed by atoms with Crippen molar-refractivity contribution in [3.63, 3.8) is 0 Å². The summed E-state index contributed by atoms with van der Waals surface area (Å²) in [5.41, 5.74) is 5.28. The van der Waals surface area contributed by atoms with Crippen molar-refractivity contribution in [3.8, 4) is 0 Å². The quantitative estimate of drug-likeness (QED) is 0.664.